The minimum absolute atomic E-state index is 0.103. The molecule has 0 radical (unpaired) electrons. The second-order valence-electron chi connectivity index (χ2n) is 4.88. The number of nitrogens with one attached hydrogen (secondary N) is 2. The summed E-state index contributed by atoms with van der Waals surface area (Å²) in [5, 5.41) is 6.37. The van der Waals surface area contributed by atoms with E-state index >= 15 is 0 Å². The second kappa shape index (κ2) is 4.92. The van der Waals surface area contributed by atoms with Crippen LogP contribution in [0.4, 0.5) is 0 Å². The summed E-state index contributed by atoms with van der Waals surface area (Å²) in [5.74, 6) is 1.17. The van der Waals surface area contributed by atoms with E-state index in [0.29, 0.717) is 5.76 Å². The first-order valence-corrected chi connectivity index (χ1v) is 6.25. The van der Waals surface area contributed by atoms with Crippen molar-refractivity contribution in [1.82, 2.24) is 10.6 Å². The normalized spacial score (nSPS) is 18.9. The summed E-state index contributed by atoms with van der Waals surface area (Å²) in [6, 6.07) is 3.61. The third kappa shape index (κ3) is 2.88. The highest BCUT2D eigenvalue weighted by Crippen LogP contribution is 2.18. The Morgan fingerprint density at radius 2 is 2.18 bits per heavy atom. The lowest BCUT2D eigenvalue weighted by atomic mass is 9.90. The van der Waals surface area contributed by atoms with E-state index < -0.39 is 0 Å². The molecule has 4 heteroatoms. The number of aryl methyl sites for hydroxylation is 1. The van der Waals surface area contributed by atoms with Crippen LogP contribution >= 0.6 is 0 Å². The van der Waals surface area contributed by atoms with Crippen molar-refractivity contribution in [3.05, 3.63) is 23.7 Å². The average Bonchev–Trinajstić information content (AvgIpc) is 2.78. The van der Waals surface area contributed by atoms with Crippen LogP contribution in [0.2, 0.25) is 0 Å². The minimum atomic E-state index is -0.110. The summed E-state index contributed by atoms with van der Waals surface area (Å²) in [4.78, 5) is 12.0. The van der Waals surface area contributed by atoms with Crippen LogP contribution in [-0.2, 0) is 6.42 Å². The molecule has 1 aliphatic heterocycles. The summed E-state index contributed by atoms with van der Waals surface area (Å²) >= 11 is 0. The maximum absolute atomic E-state index is 12.0. The lowest BCUT2D eigenvalue weighted by Crippen LogP contribution is -2.52. The molecule has 1 aromatic heterocycles. The predicted octanol–water partition coefficient (Wildman–Crippen LogP) is 1.71. The zero-order valence-electron chi connectivity index (χ0n) is 10.5. The third-order valence-electron chi connectivity index (χ3n) is 3.36. The van der Waals surface area contributed by atoms with Gasteiger partial charge in [-0.3, -0.25) is 4.79 Å². The van der Waals surface area contributed by atoms with E-state index in [1.54, 1.807) is 6.07 Å². The molecule has 2 N–H and O–H groups in total. The summed E-state index contributed by atoms with van der Waals surface area (Å²) in [7, 11) is 0. The molecule has 1 fully saturated rings. The highest BCUT2D eigenvalue weighted by atomic mass is 16.3. The van der Waals surface area contributed by atoms with E-state index in [1.807, 2.05) is 13.0 Å². The smallest absolute Gasteiger partial charge is 0.287 e. The van der Waals surface area contributed by atoms with Crippen LogP contribution in [0.1, 0.15) is 43.0 Å². The standard InChI is InChI=1S/C13H20N2O2/c1-3-10-4-5-11(17-10)12(16)15-13(2)6-8-14-9-7-13/h4-5,14H,3,6-9H2,1-2H3,(H,15,16). The molecule has 17 heavy (non-hydrogen) atoms. The van der Waals surface area contributed by atoms with Crippen LogP contribution in [0.5, 0.6) is 0 Å². The Morgan fingerprint density at radius 1 is 1.47 bits per heavy atom. The van der Waals surface area contributed by atoms with Gasteiger partial charge in [0.05, 0.1) is 0 Å². The van der Waals surface area contributed by atoms with Gasteiger partial charge in [0.1, 0.15) is 5.76 Å². The average molecular weight is 236 g/mol. The van der Waals surface area contributed by atoms with Crippen molar-refractivity contribution in [3.8, 4) is 0 Å². The lowest BCUT2D eigenvalue weighted by molar-refractivity contribution is 0.0857. The van der Waals surface area contributed by atoms with Gasteiger partial charge in [-0.1, -0.05) is 6.92 Å². The van der Waals surface area contributed by atoms with E-state index in [9.17, 15) is 4.79 Å². The number of piperidine rings is 1. The Bertz CT molecular complexity index is 392. The van der Waals surface area contributed by atoms with Crippen molar-refractivity contribution in [2.24, 2.45) is 0 Å². The largest absolute Gasteiger partial charge is 0.456 e. The van der Waals surface area contributed by atoms with Gasteiger partial charge in [-0.15, -0.1) is 0 Å². The van der Waals surface area contributed by atoms with Crippen molar-refractivity contribution < 1.29 is 9.21 Å². The number of amides is 1. The molecule has 2 rings (SSSR count). The second-order valence-corrected chi connectivity index (χ2v) is 4.88. The predicted molar refractivity (Wildman–Crippen MR) is 66.1 cm³/mol. The molecule has 0 atom stereocenters. The molecule has 1 amide bonds. The Labute approximate surface area is 102 Å². The molecule has 0 aromatic carbocycles. The molecular formula is C13H20N2O2. The fraction of sp³-hybridized carbons (Fsp3) is 0.615. The minimum Gasteiger partial charge on any atom is -0.456 e. The van der Waals surface area contributed by atoms with Crippen LogP contribution in [0.15, 0.2) is 16.5 Å². The van der Waals surface area contributed by atoms with E-state index in [0.717, 1.165) is 38.1 Å². The highest BCUT2D eigenvalue weighted by molar-refractivity contribution is 5.92. The van der Waals surface area contributed by atoms with E-state index in [-0.39, 0.29) is 11.4 Å². The van der Waals surface area contributed by atoms with E-state index in [1.165, 1.54) is 0 Å². The van der Waals surface area contributed by atoms with Gasteiger partial charge in [-0.25, -0.2) is 0 Å². The van der Waals surface area contributed by atoms with Crippen molar-refractivity contribution in [1.29, 1.82) is 0 Å². The summed E-state index contributed by atoms with van der Waals surface area (Å²) in [6.45, 7) is 6.01. The molecule has 1 aliphatic rings. The van der Waals surface area contributed by atoms with Crippen LogP contribution in [0.25, 0.3) is 0 Å². The number of hydrogen-bond acceptors (Lipinski definition) is 3. The fourth-order valence-electron chi connectivity index (χ4n) is 2.13. The Hall–Kier alpha value is -1.29. The van der Waals surface area contributed by atoms with Gasteiger partial charge in [0.25, 0.3) is 5.91 Å². The topological polar surface area (TPSA) is 54.3 Å². The molecule has 1 aromatic rings. The number of hydrogen-bond donors (Lipinski definition) is 2. The number of furan rings is 1. The van der Waals surface area contributed by atoms with Crippen LogP contribution in [-0.4, -0.2) is 24.5 Å². The molecule has 0 saturated carbocycles. The van der Waals surface area contributed by atoms with E-state index in [4.69, 9.17) is 4.42 Å². The number of rotatable bonds is 3. The summed E-state index contributed by atoms with van der Waals surface area (Å²) < 4.78 is 5.45. The fourth-order valence-corrected chi connectivity index (χ4v) is 2.13. The molecular weight excluding hydrogens is 216 g/mol. The van der Waals surface area contributed by atoms with Gasteiger partial charge in [-0.05, 0) is 45.0 Å². The molecule has 0 aliphatic carbocycles. The van der Waals surface area contributed by atoms with Crippen LogP contribution in [0, 0.1) is 0 Å². The van der Waals surface area contributed by atoms with Gasteiger partial charge in [0.2, 0.25) is 0 Å². The number of carbonyl (C=O) groups is 1. The molecule has 1 saturated heterocycles. The molecule has 2 heterocycles. The monoisotopic (exact) mass is 236 g/mol. The maximum Gasteiger partial charge on any atom is 0.287 e. The molecule has 0 spiro atoms. The first kappa shape index (κ1) is 12.2. The lowest BCUT2D eigenvalue weighted by Gasteiger charge is -2.34. The Kier molecular flexibility index (Phi) is 3.52. The third-order valence-corrected chi connectivity index (χ3v) is 3.36. The van der Waals surface area contributed by atoms with Gasteiger partial charge >= 0.3 is 0 Å². The quantitative estimate of drug-likeness (QED) is 0.840. The summed E-state index contributed by atoms with van der Waals surface area (Å²) in [6.07, 6.45) is 2.73. The van der Waals surface area contributed by atoms with Gasteiger partial charge in [-0.2, -0.15) is 0 Å². The van der Waals surface area contributed by atoms with Gasteiger partial charge in [0.15, 0.2) is 5.76 Å². The van der Waals surface area contributed by atoms with Crippen molar-refractivity contribution in [2.45, 2.75) is 38.6 Å². The summed E-state index contributed by atoms with van der Waals surface area (Å²) in [5.41, 5.74) is -0.110. The zero-order chi connectivity index (χ0) is 12.3. The maximum atomic E-state index is 12.0. The zero-order valence-corrected chi connectivity index (χ0v) is 10.5. The van der Waals surface area contributed by atoms with E-state index in [2.05, 4.69) is 17.6 Å². The van der Waals surface area contributed by atoms with Gasteiger partial charge in [0, 0.05) is 12.0 Å². The number of carbonyl (C=O) groups excluding carboxylic acids is 1. The Balaban J connectivity index is 2.00. The molecule has 4 nitrogen and oxygen atoms in total. The molecule has 94 valence electrons. The van der Waals surface area contributed by atoms with Crippen molar-refractivity contribution in [2.75, 3.05) is 13.1 Å². The first-order chi connectivity index (χ1) is 8.13. The molecule has 0 bridgehead atoms. The first-order valence-electron chi connectivity index (χ1n) is 6.25. The van der Waals surface area contributed by atoms with Crippen molar-refractivity contribution in [3.63, 3.8) is 0 Å². The highest BCUT2D eigenvalue weighted by Gasteiger charge is 2.29. The van der Waals surface area contributed by atoms with Crippen LogP contribution in [0.3, 0.4) is 0 Å². The Morgan fingerprint density at radius 3 is 2.76 bits per heavy atom. The van der Waals surface area contributed by atoms with Gasteiger partial charge < -0.3 is 15.1 Å². The van der Waals surface area contributed by atoms with Crippen LogP contribution < -0.4 is 10.6 Å². The van der Waals surface area contributed by atoms with Crippen molar-refractivity contribution >= 4 is 5.91 Å². The molecule has 0 unspecified atom stereocenters. The SMILES string of the molecule is CCc1ccc(C(=O)NC2(C)CCNCC2)o1.